The molecule has 0 saturated carbocycles. The second-order valence-electron chi connectivity index (χ2n) is 5.61. The van der Waals surface area contributed by atoms with E-state index in [1.54, 1.807) is 16.0 Å². The highest BCUT2D eigenvalue weighted by molar-refractivity contribution is 5.93. The van der Waals surface area contributed by atoms with E-state index >= 15 is 0 Å². The number of hydrogen-bond donors (Lipinski definition) is 0. The second-order valence-corrected chi connectivity index (χ2v) is 5.61. The van der Waals surface area contributed by atoms with Crippen molar-refractivity contribution in [1.29, 1.82) is 0 Å². The molecule has 0 aliphatic carbocycles. The highest BCUT2D eigenvalue weighted by Crippen LogP contribution is 2.17. The molecule has 0 bridgehead atoms. The summed E-state index contributed by atoms with van der Waals surface area (Å²) in [6, 6.07) is 3.76. The Labute approximate surface area is 131 Å². The minimum Gasteiger partial charge on any atom is -0.368 e. The van der Waals surface area contributed by atoms with Gasteiger partial charge < -0.3 is 14.7 Å². The van der Waals surface area contributed by atoms with Gasteiger partial charge in [-0.05, 0) is 18.6 Å². The summed E-state index contributed by atoms with van der Waals surface area (Å²) in [5, 5.41) is 0. The summed E-state index contributed by atoms with van der Waals surface area (Å²) in [4.78, 5) is 33.0. The quantitative estimate of drug-likeness (QED) is 0.742. The molecule has 22 heavy (non-hydrogen) atoms. The molecule has 1 aliphatic rings. The monoisotopic (exact) mass is 304 g/mol. The van der Waals surface area contributed by atoms with Crippen LogP contribution in [0.5, 0.6) is 0 Å². The molecule has 6 heteroatoms. The molecule has 1 saturated heterocycles. The molecule has 0 atom stereocenters. The summed E-state index contributed by atoms with van der Waals surface area (Å²) >= 11 is 0. The van der Waals surface area contributed by atoms with Crippen molar-refractivity contribution in [2.24, 2.45) is 0 Å². The summed E-state index contributed by atoms with van der Waals surface area (Å²) in [5.74, 6) is -0.0400. The lowest BCUT2D eigenvalue weighted by Gasteiger charge is -2.34. The Morgan fingerprint density at radius 2 is 2.09 bits per heavy atom. The zero-order valence-electron chi connectivity index (χ0n) is 13.4. The van der Waals surface area contributed by atoms with Gasteiger partial charge in [-0.1, -0.05) is 13.3 Å². The number of aromatic nitrogens is 1. The van der Waals surface area contributed by atoms with Gasteiger partial charge in [0.1, 0.15) is 5.69 Å². The van der Waals surface area contributed by atoms with E-state index in [-0.39, 0.29) is 5.91 Å². The highest BCUT2D eigenvalue weighted by Gasteiger charge is 2.18. The summed E-state index contributed by atoms with van der Waals surface area (Å²) in [6.07, 6.45) is 4.63. The third-order valence-electron chi connectivity index (χ3n) is 3.98. The van der Waals surface area contributed by atoms with Crippen LogP contribution in [-0.2, 0) is 4.79 Å². The third kappa shape index (κ3) is 3.96. The molecule has 1 aliphatic heterocycles. The number of pyridine rings is 1. The Morgan fingerprint density at radius 1 is 1.36 bits per heavy atom. The van der Waals surface area contributed by atoms with E-state index in [1.807, 2.05) is 19.2 Å². The molecule has 2 heterocycles. The largest absolute Gasteiger partial charge is 0.368 e. The van der Waals surface area contributed by atoms with Gasteiger partial charge >= 0.3 is 0 Å². The van der Waals surface area contributed by atoms with Gasteiger partial charge in [-0.3, -0.25) is 14.6 Å². The summed E-state index contributed by atoms with van der Waals surface area (Å²) in [7, 11) is 1.81. The first-order valence-corrected chi connectivity index (χ1v) is 7.81. The van der Waals surface area contributed by atoms with Crippen molar-refractivity contribution in [3.05, 3.63) is 24.0 Å². The van der Waals surface area contributed by atoms with Crippen molar-refractivity contribution in [1.82, 2.24) is 14.8 Å². The zero-order chi connectivity index (χ0) is 15.9. The first-order valence-electron chi connectivity index (χ1n) is 7.81. The first-order chi connectivity index (χ1) is 10.7. The maximum absolute atomic E-state index is 12.4. The molecule has 2 rings (SSSR count). The Morgan fingerprint density at radius 3 is 2.73 bits per heavy atom. The number of rotatable bonds is 6. The van der Waals surface area contributed by atoms with Crippen LogP contribution in [0.3, 0.4) is 0 Å². The second kappa shape index (κ2) is 7.77. The number of amides is 2. The lowest BCUT2D eigenvalue weighted by atomic mass is 10.2. The number of carbonyl (C=O) groups is 2. The van der Waals surface area contributed by atoms with Gasteiger partial charge in [0.15, 0.2) is 0 Å². The van der Waals surface area contributed by atoms with Crippen molar-refractivity contribution in [2.45, 2.75) is 19.8 Å². The number of piperazine rings is 1. The number of anilines is 1. The molecule has 0 unspecified atom stereocenters. The minimum atomic E-state index is -0.0400. The Hall–Kier alpha value is -2.11. The molecular formula is C16H24N4O2. The van der Waals surface area contributed by atoms with Gasteiger partial charge in [-0.15, -0.1) is 0 Å². The third-order valence-corrected chi connectivity index (χ3v) is 3.98. The van der Waals surface area contributed by atoms with E-state index in [9.17, 15) is 9.59 Å². The molecule has 0 aromatic carbocycles. The van der Waals surface area contributed by atoms with Crippen LogP contribution >= 0.6 is 0 Å². The summed E-state index contributed by atoms with van der Waals surface area (Å²) in [5.41, 5.74) is 1.47. The van der Waals surface area contributed by atoms with Crippen molar-refractivity contribution >= 4 is 18.0 Å². The van der Waals surface area contributed by atoms with E-state index in [2.05, 4.69) is 16.8 Å². The maximum Gasteiger partial charge on any atom is 0.272 e. The van der Waals surface area contributed by atoms with Gasteiger partial charge in [0.25, 0.3) is 5.91 Å². The molecular weight excluding hydrogens is 280 g/mol. The van der Waals surface area contributed by atoms with Gasteiger partial charge in [0.05, 0.1) is 0 Å². The molecule has 1 aromatic heterocycles. The van der Waals surface area contributed by atoms with Crippen molar-refractivity contribution in [3.8, 4) is 0 Å². The zero-order valence-corrected chi connectivity index (χ0v) is 13.4. The van der Waals surface area contributed by atoms with Crippen molar-refractivity contribution in [3.63, 3.8) is 0 Å². The molecule has 2 amide bonds. The van der Waals surface area contributed by atoms with E-state index in [0.717, 1.165) is 44.6 Å². The fourth-order valence-corrected chi connectivity index (χ4v) is 2.51. The molecule has 120 valence electrons. The molecule has 1 aromatic rings. The van der Waals surface area contributed by atoms with Gasteiger partial charge in [0, 0.05) is 51.7 Å². The fraction of sp³-hybridized carbons (Fsp3) is 0.562. The summed E-state index contributed by atoms with van der Waals surface area (Å²) in [6.45, 7) is 5.84. The molecule has 1 fully saturated rings. The van der Waals surface area contributed by atoms with Crippen LogP contribution in [-0.4, -0.2) is 66.9 Å². The van der Waals surface area contributed by atoms with E-state index in [0.29, 0.717) is 18.8 Å². The van der Waals surface area contributed by atoms with Crippen molar-refractivity contribution < 1.29 is 9.59 Å². The lowest BCUT2D eigenvalue weighted by Crippen LogP contribution is -2.45. The van der Waals surface area contributed by atoms with Gasteiger partial charge in [-0.2, -0.15) is 0 Å². The predicted molar refractivity (Wildman–Crippen MR) is 86.0 cm³/mol. The summed E-state index contributed by atoms with van der Waals surface area (Å²) < 4.78 is 0. The van der Waals surface area contributed by atoms with Crippen molar-refractivity contribution in [2.75, 3.05) is 44.7 Å². The Bertz CT molecular complexity index is 513. The van der Waals surface area contributed by atoms with Crippen LogP contribution < -0.4 is 4.90 Å². The highest BCUT2D eigenvalue weighted by atomic mass is 16.2. The Kier molecular flexibility index (Phi) is 5.75. The lowest BCUT2D eigenvalue weighted by molar-refractivity contribution is -0.118. The van der Waals surface area contributed by atoms with Crippen LogP contribution in [0.15, 0.2) is 18.3 Å². The number of unbranched alkanes of at least 4 members (excludes halogenated alkanes) is 1. The van der Waals surface area contributed by atoms with Gasteiger partial charge in [-0.25, -0.2) is 0 Å². The van der Waals surface area contributed by atoms with Crippen LogP contribution in [0.2, 0.25) is 0 Å². The SMILES string of the molecule is CCCCN(C)C(=O)c1cc(N2CCN(C=O)CC2)ccn1. The number of carbonyl (C=O) groups excluding carboxylic acids is 2. The standard InChI is InChI=1S/C16H24N4O2/c1-3-4-7-18(2)16(22)15-12-14(5-6-17-15)20-10-8-19(13-21)9-11-20/h5-6,12-13H,3-4,7-11H2,1-2H3. The topological polar surface area (TPSA) is 56.8 Å². The Balaban J connectivity index is 2.03. The number of nitrogens with zero attached hydrogens (tertiary/aromatic N) is 4. The predicted octanol–water partition coefficient (Wildman–Crippen LogP) is 1.23. The molecule has 6 nitrogen and oxygen atoms in total. The van der Waals surface area contributed by atoms with E-state index in [4.69, 9.17) is 0 Å². The minimum absolute atomic E-state index is 0.0400. The van der Waals surface area contributed by atoms with Gasteiger partial charge in [0.2, 0.25) is 6.41 Å². The first kappa shape index (κ1) is 16.3. The van der Waals surface area contributed by atoms with Crippen LogP contribution in [0.1, 0.15) is 30.3 Å². The molecule has 0 spiro atoms. The molecule has 0 N–H and O–H groups in total. The normalized spacial score (nSPS) is 14.8. The number of hydrogen-bond acceptors (Lipinski definition) is 4. The average molecular weight is 304 g/mol. The molecule has 0 radical (unpaired) electrons. The fourth-order valence-electron chi connectivity index (χ4n) is 2.51. The van der Waals surface area contributed by atoms with Crippen LogP contribution in [0, 0.1) is 0 Å². The van der Waals surface area contributed by atoms with Crippen LogP contribution in [0.25, 0.3) is 0 Å². The van der Waals surface area contributed by atoms with E-state index < -0.39 is 0 Å². The average Bonchev–Trinajstić information content (AvgIpc) is 2.59. The maximum atomic E-state index is 12.4. The smallest absolute Gasteiger partial charge is 0.272 e. The van der Waals surface area contributed by atoms with Crippen LogP contribution in [0.4, 0.5) is 5.69 Å². The van der Waals surface area contributed by atoms with E-state index in [1.165, 1.54) is 0 Å².